The number of hydrogen-bond donors (Lipinski definition) is 1. The van der Waals surface area contributed by atoms with Gasteiger partial charge in [-0.25, -0.2) is 9.78 Å². The number of amides is 2. The van der Waals surface area contributed by atoms with Gasteiger partial charge in [0.05, 0.1) is 17.3 Å². The second kappa shape index (κ2) is 9.73. The van der Waals surface area contributed by atoms with Crippen molar-refractivity contribution in [2.24, 2.45) is 5.10 Å². The van der Waals surface area contributed by atoms with Crippen molar-refractivity contribution in [1.82, 2.24) is 10.3 Å². The van der Waals surface area contributed by atoms with E-state index in [1.54, 1.807) is 42.7 Å². The summed E-state index contributed by atoms with van der Waals surface area (Å²) in [6.07, 6.45) is 5.60. The van der Waals surface area contributed by atoms with Gasteiger partial charge in [0.2, 0.25) is 0 Å². The highest BCUT2D eigenvalue weighted by Gasteiger charge is 2.20. The van der Waals surface area contributed by atoms with Gasteiger partial charge in [0.25, 0.3) is 0 Å². The molecule has 0 aliphatic carbocycles. The molecule has 0 saturated carbocycles. The fraction of sp³-hybridized carbons (Fsp3) is 0.130. The second-order valence-corrected chi connectivity index (χ2v) is 8.62. The lowest BCUT2D eigenvalue weighted by Gasteiger charge is -2.22. The van der Waals surface area contributed by atoms with Crippen LogP contribution >= 0.6 is 35.0 Å². The van der Waals surface area contributed by atoms with Gasteiger partial charge in [-0.3, -0.25) is 4.79 Å². The molecule has 3 aromatic rings. The van der Waals surface area contributed by atoms with Crippen LogP contribution < -0.4 is 10.3 Å². The summed E-state index contributed by atoms with van der Waals surface area (Å²) >= 11 is 14.5. The molecule has 1 aliphatic rings. The Hall–Kier alpha value is -2.87. The lowest BCUT2D eigenvalue weighted by atomic mass is 10.00. The maximum atomic E-state index is 12.7. The Morgan fingerprint density at radius 3 is 2.38 bits per heavy atom. The fourth-order valence-corrected chi connectivity index (χ4v) is 4.20. The minimum Gasteiger partial charge on any atom is -0.331 e. The molecule has 0 saturated heterocycles. The van der Waals surface area contributed by atoms with E-state index in [-0.39, 0.29) is 11.8 Å². The Morgan fingerprint density at radius 1 is 1.09 bits per heavy atom. The molecular weight excluding hydrogens is 467 g/mol. The Kier molecular flexibility index (Phi) is 6.79. The van der Waals surface area contributed by atoms with Crippen LogP contribution in [0.15, 0.2) is 64.9 Å². The molecule has 2 aromatic carbocycles. The summed E-state index contributed by atoms with van der Waals surface area (Å²) in [4.78, 5) is 29.0. The number of halogens is 2. The van der Waals surface area contributed by atoms with Gasteiger partial charge in [-0.1, -0.05) is 47.5 Å². The molecule has 2 amide bonds. The molecule has 1 N–H and O–H groups in total. The van der Waals surface area contributed by atoms with Gasteiger partial charge in [-0.2, -0.15) is 10.1 Å². The van der Waals surface area contributed by atoms with Crippen LogP contribution in [0.4, 0.5) is 10.5 Å². The number of carbonyl (C=O) groups excluding carboxylic acids is 2. The summed E-state index contributed by atoms with van der Waals surface area (Å²) in [7, 11) is 0. The molecule has 0 spiro atoms. The first-order chi connectivity index (χ1) is 15.5. The van der Waals surface area contributed by atoms with Gasteiger partial charge in [0, 0.05) is 40.0 Å². The van der Waals surface area contributed by atoms with Crippen molar-refractivity contribution in [2.45, 2.75) is 11.4 Å². The van der Waals surface area contributed by atoms with Gasteiger partial charge in [-0.15, -0.1) is 11.8 Å². The molecule has 1 aliphatic heterocycles. The second-order valence-electron chi connectivity index (χ2n) is 6.98. The minimum absolute atomic E-state index is 0.0857. The standard InChI is InChI=1S/C23H18Cl2N4O2S/c1-32-21-7-6-16(13-27-21)22(30)15-4-2-14(3-5-15)10-18-19(24)11-17(12-20(18)25)29-23(31)26-8-9-28-29/h2-7,9,11-13H,8,10H2,1H3,(H,26,31). The monoisotopic (exact) mass is 484 g/mol. The van der Waals surface area contributed by atoms with Gasteiger partial charge in [-0.05, 0) is 41.6 Å². The lowest BCUT2D eigenvalue weighted by molar-refractivity contribution is 0.103. The van der Waals surface area contributed by atoms with E-state index in [9.17, 15) is 9.59 Å². The third-order valence-corrected chi connectivity index (χ3v) is 6.24. The van der Waals surface area contributed by atoms with E-state index in [0.717, 1.165) is 16.2 Å². The molecule has 0 bridgehead atoms. The molecular formula is C23H18Cl2N4O2S. The summed E-state index contributed by atoms with van der Waals surface area (Å²) in [5.74, 6) is -0.0857. The highest BCUT2D eigenvalue weighted by molar-refractivity contribution is 7.98. The average molecular weight is 485 g/mol. The van der Waals surface area contributed by atoms with E-state index >= 15 is 0 Å². The maximum absolute atomic E-state index is 12.7. The van der Waals surface area contributed by atoms with Crippen molar-refractivity contribution in [3.63, 3.8) is 0 Å². The molecule has 1 aromatic heterocycles. The Balaban J connectivity index is 1.51. The topological polar surface area (TPSA) is 74.7 Å². The van der Waals surface area contributed by atoms with Crippen LogP contribution in [-0.2, 0) is 6.42 Å². The molecule has 162 valence electrons. The average Bonchev–Trinajstić information content (AvgIpc) is 2.81. The third kappa shape index (κ3) is 4.80. The number of thioether (sulfide) groups is 1. The number of rotatable bonds is 6. The van der Waals surface area contributed by atoms with Crippen LogP contribution in [0.25, 0.3) is 0 Å². The number of hydrogen-bond acceptors (Lipinski definition) is 5. The van der Waals surface area contributed by atoms with Crippen molar-refractivity contribution < 1.29 is 9.59 Å². The zero-order valence-corrected chi connectivity index (χ0v) is 19.3. The van der Waals surface area contributed by atoms with Crippen LogP contribution in [0.3, 0.4) is 0 Å². The number of nitrogens with zero attached hydrogens (tertiary/aromatic N) is 3. The highest BCUT2D eigenvalue weighted by atomic mass is 35.5. The summed E-state index contributed by atoms with van der Waals surface area (Å²) in [5, 5.41) is 9.70. The summed E-state index contributed by atoms with van der Waals surface area (Å²) in [5.41, 5.74) is 3.28. The molecule has 6 nitrogen and oxygen atoms in total. The first-order valence-electron chi connectivity index (χ1n) is 9.68. The molecule has 0 radical (unpaired) electrons. The number of aromatic nitrogens is 1. The first-order valence-corrected chi connectivity index (χ1v) is 11.7. The van der Waals surface area contributed by atoms with Crippen molar-refractivity contribution in [2.75, 3.05) is 17.8 Å². The molecule has 0 unspecified atom stereocenters. The predicted molar refractivity (Wildman–Crippen MR) is 130 cm³/mol. The van der Waals surface area contributed by atoms with Crippen molar-refractivity contribution in [3.05, 3.63) is 87.0 Å². The minimum atomic E-state index is -0.342. The molecule has 0 fully saturated rings. The highest BCUT2D eigenvalue weighted by Crippen LogP contribution is 2.33. The normalized spacial score (nSPS) is 13.2. The fourth-order valence-electron chi connectivity index (χ4n) is 3.23. The summed E-state index contributed by atoms with van der Waals surface area (Å²) < 4.78 is 0. The number of anilines is 1. The van der Waals surface area contributed by atoms with Crippen molar-refractivity contribution >= 4 is 58.7 Å². The van der Waals surface area contributed by atoms with Crippen LogP contribution in [0.1, 0.15) is 27.0 Å². The lowest BCUT2D eigenvalue weighted by Crippen LogP contribution is -2.41. The summed E-state index contributed by atoms with van der Waals surface area (Å²) in [6, 6.07) is 13.9. The van der Waals surface area contributed by atoms with E-state index in [1.807, 2.05) is 24.5 Å². The van der Waals surface area contributed by atoms with Gasteiger partial charge >= 0.3 is 6.03 Å². The van der Waals surface area contributed by atoms with Gasteiger partial charge in [0.1, 0.15) is 0 Å². The molecule has 2 heterocycles. The van der Waals surface area contributed by atoms with Crippen LogP contribution in [0.2, 0.25) is 10.0 Å². The Bertz CT molecular complexity index is 1170. The first kappa shape index (κ1) is 22.3. The zero-order chi connectivity index (χ0) is 22.7. The van der Waals surface area contributed by atoms with Crippen molar-refractivity contribution in [1.29, 1.82) is 0 Å². The van der Waals surface area contributed by atoms with E-state index < -0.39 is 0 Å². The Morgan fingerprint density at radius 2 is 1.78 bits per heavy atom. The number of urea groups is 1. The molecule has 4 rings (SSSR count). The molecule has 0 atom stereocenters. The van der Waals surface area contributed by atoms with Crippen LogP contribution in [0, 0.1) is 0 Å². The number of nitrogens with one attached hydrogen (secondary N) is 1. The van der Waals surface area contributed by atoms with Crippen molar-refractivity contribution in [3.8, 4) is 0 Å². The smallest absolute Gasteiger partial charge is 0.331 e. The van der Waals surface area contributed by atoms with E-state index in [0.29, 0.717) is 39.8 Å². The number of ketones is 1. The SMILES string of the molecule is CSc1ccc(C(=O)c2ccc(Cc3c(Cl)cc(N4N=CCNC4=O)cc3Cl)cc2)cn1. The quantitative estimate of drug-likeness (QED) is 0.372. The number of hydrazone groups is 1. The van der Waals surface area contributed by atoms with Crippen LogP contribution in [-0.4, -0.2) is 35.8 Å². The van der Waals surface area contributed by atoms with Gasteiger partial charge in [0.15, 0.2) is 5.78 Å². The predicted octanol–water partition coefficient (Wildman–Crippen LogP) is 5.45. The molecule has 9 heteroatoms. The number of benzene rings is 2. The number of carbonyl (C=O) groups is 2. The maximum Gasteiger partial charge on any atom is 0.342 e. The van der Waals surface area contributed by atoms with E-state index in [2.05, 4.69) is 15.4 Å². The van der Waals surface area contributed by atoms with E-state index in [1.165, 1.54) is 16.8 Å². The van der Waals surface area contributed by atoms with Crippen LogP contribution in [0.5, 0.6) is 0 Å². The summed E-state index contributed by atoms with van der Waals surface area (Å²) in [6.45, 7) is 0.382. The largest absolute Gasteiger partial charge is 0.342 e. The number of pyridine rings is 1. The zero-order valence-electron chi connectivity index (χ0n) is 17.0. The Labute approximate surface area is 199 Å². The third-order valence-electron chi connectivity index (χ3n) is 4.91. The van der Waals surface area contributed by atoms with Gasteiger partial charge < -0.3 is 5.32 Å². The molecule has 32 heavy (non-hydrogen) atoms. The van der Waals surface area contributed by atoms with E-state index in [4.69, 9.17) is 23.2 Å².